The Morgan fingerprint density at radius 3 is 2.77 bits per heavy atom. The predicted molar refractivity (Wildman–Crippen MR) is 137 cm³/mol. The molecule has 2 aromatic heterocycles. The van der Waals surface area contributed by atoms with E-state index in [4.69, 9.17) is 4.98 Å². The van der Waals surface area contributed by atoms with Gasteiger partial charge < -0.3 is 10.4 Å². The van der Waals surface area contributed by atoms with Gasteiger partial charge in [0.1, 0.15) is 11.9 Å². The van der Waals surface area contributed by atoms with Gasteiger partial charge in [-0.2, -0.15) is 5.10 Å². The first-order chi connectivity index (χ1) is 17.2. The summed E-state index contributed by atoms with van der Waals surface area (Å²) in [5, 5.41) is 17.8. The van der Waals surface area contributed by atoms with Gasteiger partial charge >= 0.3 is 5.97 Å². The van der Waals surface area contributed by atoms with Crippen LogP contribution in [-0.2, 0) is 17.6 Å². The van der Waals surface area contributed by atoms with Crippen LogP contribution in [0.5, 0.6) is 0 Å². The fourth-order valence-corrected chi connectivity index (χ4v) is 5.43. The number of para-hydroxylation sites is 1. The quantitative estimate of drug-likeness (QED) is 0.387. The topological polar surface area (TPSA) is 83.3 Å². The minimum Gasteiger partial charge on any atom is -0.480 e. The molecule has 0 radical (unpaired) electrons. The Hall–Kier alpha value is -3.19. The maximum absolute atomic E-state index is 12.2. The zero-order valence-electron chi connectivity index (χ0n) is 20.3. The minimum atomic E-state index is -0.797. The van der Waals surface area contributed by atoms with E-state index >= 15 is 0 Å². The Bertz CT molecular complexity index is 1120. The van der Waals surface area contributed by atoms with E-state index in [-0.39, 0.29) is 0 Å². The van der Waals surface area contributed by atoms with Gasteiger partial charge in [-0.05, 0) is 61.8 Å². The van der Waals surface area contributed by atoms with Crippen LogP contribution < -0.4 is 5.32 Å². The zero-order valence-corrected chi connectivity index (χ0v) is 20.3. The second kappa shape index (κ2) is 11.0. The number of fused-ring (bicyclic) bond motifs is 1. The summed E-state index contributed by atoms with van der Waals surface area (Å²) in [6.07, 6.45) is 12.9. The molecule has 184 valence electrons. The molecule has 0 bridgehead atoms. The molecule has 0 spiro atoms. The SMILES string of the molecule is O=C(O)C(c1ccccc1-n1cccn1)N1CC(CCCCCCc2ccc3c(n2)NCCC3)C1. The summed E-state index contributed by atoms with van der Waals surface area (Å²) in [6.45, 7) is 2.72. The van der Waals surface area contributed by atoms with Gasteiger partial charge in [0.2, 0.25) is 0 Å². The summed E-state index contributed by atoms with van der Waals surface area (Å²) in [4.78, 5) is 19.1. The first-order valence-electron chi connectivity index (χ1n) is 13.0. The molecule has 0 aliphatic carbocycles. The van der Waals surface area contributed by atoms with Crippen LogP contribution in [0.3, 0.4) is 0 Å². The summed E-state index contributed by atoms with van der Waals surface area (Å²) in [5.74, 6) is 0.881. The second-order valence-electron chi connectivity index (χ2n) is 9.86. The van der Waals surface area contributed by atoms with Crippen molar-refractivity contribution in [3.63, 3.8) is 0 Å². The fourth-order valence-electron chi connectivity index (χ4n) is 5.43. The third kappa shape index (κ3) is 5.56. The van der Waals surface area contributed by atoms with E-state index in [1.807, 2.05) is 36.5 Å². The highest BCUT2D eigenvalue weighted by Crippen LogP contribution is 2.34. The average molecular weight is 474 g/mol. The number of hydrogen-bond acceptors (Lipinski definition) is 5. The van der Waals surface area contributed by atoms with E-state index in [0.717, 1.165) is 49.5 Å². The lowest BCUT2D eigenvalue weighted by atomic mass is 9.89. The zero-order chi connectivity index (χ0) is 24.0. The predicted octanol–water partition coefficient (Wildman–Crippen LogP) is 4.88. The molecule has 1 atom stereocenters. The van der Waals surface area contributed by atoms with Crippen LogP contribution in [0, 0.1) is 5.92 Å². The van der Waals surface area contributed by atoms with Crippen LogP contribution in [0.2, 0.25) is 0 Å². The summed E-state index contributed by atoms with van der Waals surface area (Å²) in [6, 6.07) is 13.3. The van der Waals surface area contributed by atoms with Crippen LogP contribution in [0.25, 0.3) is 5.69 Å². The molecular weight excluding hydrogens is 438 g/mol. The number of hydrogen-bond donors (Lipinski definition) is 2. The highest BCUT2D eigenvalue weighted by atomic mass is 16.4. The molecule has 4 heterocycles. The number of rotatable bonds is 11. The van der Waals surface area contributed by atoms with Crippen molar-refractivity contribution in [2.45, 2.75) is 57.4 Å². The number of nitrogens with one attached hydrogen (secondary N) is 1. The van der Waals surface area contributed by atoms with E-state index in [1.165, 1.54) is 49.8 Å². The molecule has 2 N–H and O–H groups in total. The number of unbranched alkanes of at least 4 members (excludes halogenated alkanes) is 3. The molecule has 1 fully saturated rings. The van der Waals surface area contributed by atoms with Gasteiger partial charge in [-0.15, -0.1) is 0 Å². The number of aromatic nitrogens is 3. The Balaban J connectivity index is 1.05. The molecule has 7 nitrogen and oxygen atoms in total. The number of pyridine rings is 1. The van der Waals surface area contributed by atoms with Crippen LogP contribution >= 0.6 is 0 Å². The van der Waals surface area contributed by atoms with Crippen LogP contribution in [0.4, 0.5) is 5.82 Å². The largest absolute Gasteiger partial charge is 0.480 e. The van der Waals surface area contributed by atoms with Crippen molar-refractivity contribution in [2.75, 3.05) is 25.0 Å². The van der Waals surface area contributed by atoms with Gasteiger partial charge in [-0.3, -0.25) is 9.69 Å². The molecule has 1 saturated heterocycles. The van der Waals surface area contributed by atoms with Gasteiger partial charge in [-0.25, -0.2) is 9.67 Å². The number of anilines is 1. The third-order valence-corrected chi connectivity index (χ3v) is 7.31. The van der Waals surface area contributed by atoms with E-state index in [9.17, 15) is 9.90 Å². The maximum atomic E-state index is 12.2. The number of carboxylic acids is 1. The summed E-state index contributed by atoms with van der Waals surface area (Å²) < 4.78 is 1.75. The monoisotopic (exact) mass is 473 g/mol. The van der Waals surface area contributed by atoms with Crippen LogP contribution in [-0.4, -0.2) is 50.4 Å². The summed E-state index contributed by atoms with van der Waals surface area (Å²) in [5.41, 5.74) is 4.18. The van der Waals surface area contributed by atoms with E-state index in [1.54, 1.807) is 10.9 Å². The van der Waals surface area contributed by atoms with Crippen molar-refractivity contribution in [3.8, 4) is 5.69 Å². The first-order valence-corrected chi connectivity index (χ1v) is 13.0. The third-order valence-electron chi connectivity index (χ3n) is 7.31. The molecule has 1 aromatic carbocycles. The van der Waals surface area contributed by atoms with E-state index < -0.39 is 12.0 Å². The Kier molecular flexibility index (Phi) is 7.42. The lowest BCUT2D eigenvalue weighted by molar-refractivity contribution is -0.146. The first kappa shape index (κ1) is 23.5. The van der Waals surface area contributed by atoms with Crippen LogP contribution in [0.1, 0.15) is 61.4 Å². The summed E-state index contributed by atoms with van der Waals surface area (Å²) >= 11 is 0. The lowest BCUT2D eigenvalue weighted by Gasteiger charge is -2.43. The Labute approximate surface area is 207 Å². The second-order valence-corrected chi connectivity index (χ2v) is 9.86. The summed E-state index contributed by atoms with van der Waals surface area (Å²) in [7, 11) is 0. The number of nitrogens with zero attached hydrogens (tertiary/aromatic N) is 4. The molecule has 1 unspecified atom stereocenters. The highest BCUT2D eigenvalue weighted by molar-refractivity contribution is 5.77. The lowest BCUT2D eigenvalue weighted by Crippen LogP contribution is -2.50. The van der Waals surface area contributed by atoms with Gasteiger partial charge in [0.05, 0.1) is 5.69 Å². The van der Waals surface area contributed by atoms with Gasteiger partial charge in [-0.1, -0.05) is 43.5 Å². The van der Waals surface area contributed by atoms with Crippen molar-refractivity contribution in [2.24, 2.45) is 5.92 Å². The number of benzene rings is 1. The molecule has 0 saturated carbocycles. The Morgan fingerprint density at radius 2 is 1.94 bits per heavy atom. The minimum absolute atomic E-state index is 0.585. The van der Waals surface area contributed by atoms with Gasteiger partial charge in [0.25, 0.3) is 0 Å². The highest BCUT2D eigenvalue weighted by Gasteiger charge is 2.37. The van der Waals surface area contributed by atoms with Gasteiger partial charge in [0, 0.05) is 43.3 Å². The van der Waals surface area contributed by atoms with Gasteiger partial charge in [0.15, 0.2) is 0 Å². The number of aryl methyl sites for hydroxylation is 2. The molecule has 2 aliphatic rings. The molecule has 5 rings (SSSR count). The molecule has 7 heteroatoms. The molecular formula is C28H35N5O2. The smallest absolute Gasteiger partial charge is 0.325 e. The normalized spacial score (nSPS) is 16.8. The molecule has 3 aromatic rings. The van der Waals surface area contributed by atoms with Crippen molar-refractivity contribution >= 4 is 11.8 Å². The molecule has 0 amide bonds. The van der Waals surface area contributed by atoms with Crippen molar-refractivity contribution in [3.05, 3.63) is 71.7 Å². The van der Waals surface area contributed by atoms with Crippen LogP contribution in [0.15, 0.2) is 54.9 Å². The Morgan fingerprint density at radius 1 is 1.09 bits per heavy atom. The maximum Gasteiger partial charge on any atom is 0.325 e. The van der Waals surface area contributed by atoms with Crippen molar-refractivity contribution < 1.29 is 9.90 Å². The number of likely N-dealkylation sites (tertiary alicyclic amines) is 1. The number of carbonyl (C=O) groups is 1. The molecule has 2 aliphatic heterocycles. The van der Waals surface area contributed by atoms with E-state index in [2.05, 4.69) is 27.4 Å². The molecule has 35 heavy (non-hydrogen) atoms. The average Bonchev–Trinajstić information content (AvgIpc) is 3.39. The van der Waals surface area contributed by atoms with Crippen molar-refractivity contribution in [1.82, 2.24) is 19.7 Å². The standard InChI is InChI=1S/C28H35N5O2/c34-28(35)26(24-12-5-6-13-25(24)33-18-8-17-30-33)32-19-21(20-32)9-3-1-2-4-11-23-15-14-22-10-7-16-29-27(22)31-23/h5-6,8,12-15,17-18,21,26H,1-4,7,9-11,16,19-20H2,(H,29,31)(H,34,35). The number of carboxylic acid groups (broad SMARTS) is 1. The fraction of sp³-hybridized carbons (Fsp3) is 0.464. The van der Waals surface area contributed by atoms with Crippen molar-refractivity contribution in [1.29, 1.82) is 0 Å². The van der Waals surface area contributed by atoms with E-state index in [0.29, 0.717) is 5.92 Å². The number of aliphatic carboxylic acids is 1.